The summed E-state index contributed by atoms with van der Waals surface area (Å²) >= 11 is 0. The lowest BCUT2D eigenvalue weighted by molar-refractivity contribution is -0.137. The van der Waals surface area contributed by atoms with Crippen molar-refractivity contribution in [3.8, 4) is 0 Å². The molecule has 138 heavy (non-hydrogen) atoms. The van der Waals surface area contributed by atoms with Crippen LogP contribution in [0.25, 0.3) is 0 Å². The van der Waals surface area contributed by atoms with Gasteiger partial charge in [0.25, 0.3) is 23.6 Å². The molecule has 6 aromatic rings. The third kappa shape index (κ3) is 19.7. The van der Waals surface area contributed by atoms with Crippen LogP contribution in [0.15, 0.2) is 79.1 Å². The topological polar surface area (TPSA) is 345 Å². The van der Waals surface area contributed by atoms with E-state index in [9.17, 15) is 47.9 Å². The van der Waals surface area contributed by atoms with Crippen LogP contribution < -0.4 is 61.7 Å². The molecule has 2 aliphatic carbocycles. The molecule has 10 amide bonds. The van der Waals surface area contributed by atoms with Gasteiger partial charge >= 0.3 is 0 Å². The van der Waals surface area contributed by atoms with E-state index in [0.29, 0.717) is 175 Å². The summed E-state index contributed by atoms with van der Waals surface area (Å²) in [5.41, 5.74) is 1.66. The summed E-state index contributed by atoms with van der Waals surface area (Å²) in [5, 5.41) is 21.6. The lowest BCUT2D eigenvalue weighted by Gasteiger charge is -2.48. The first kappa shape index (κ1) is 94.1. The lowest BCUT2D eigenvalue weighted by Crippen LogP contribution is -2.66. The average Bonchev–Trinajstić information content (AvgIpc) is 1.66. The van der Waals surface area contributed by atoms with E-state index in [0.717, 1.165) is 144 Å². The Morgan fingerprint density at radius 1 is 0.442 bits per heavy atom. The van der Waals surface area contributed by atoms with Crippen LogP contribution in [0.5, 0.6) is 0 Å². The zero-order chi connectivity index (χ0) is 96.0. The number of carbonyl (C=O) groups excluding carboxylic acids is 10. The van der Waals surface area contributed by atoms with Crippen molar-refractivity contribution in [2.24, 2.45) is 34.5 Å². The van der Waals surface area contributed by atoms with E-state index in [1.54, 1.807) is 52.5 Å². The van der Waals surface area contributed by atoms with Crippen molar-refractivity contribution in [1.82, 2.24) is 75.5 Å². The number of hydrogen-bond donors (Lipinski definition) is 7. The van der Waals surface area contributed by atoms with Crippen LogP contribution in [-0.4, -0.2) is 307 Å². The number of halogens is 4. The number of fused-ring (bicyclic) bond motifs is 4. The summed E-state index contributed by atoms with van der Waals surface area (Å²) in [6.45, 7) is 20.9. The Hall–Kier alpha value is -11.5. The number of nitrogens with zero attached hydrogens (tertiary/aromatic N) is 16. The molecular formula is C101H127F4N23O10. The number of aromatic nitrogens is 4. The van der Waals surface area contributed by atoms with Crippen molar-refractivity contribution in [3.05, 3.63) is 142 Å². The van der Waals surface area contributed by atoms with Gasteiger partial charge in [-0.25, -0.2) is 37.5 Å². The van der Waals surface area contributed by atoms with Gasteiger partial charge in [-0.05, 0) is 226 Å². The van der Waals surface area contributed by atoms with Gasteiger partial charge in [-0.2, -0.15) is 0 Å². The largest absolute Gasteiger partial charge is 0.384 e. The Morgan fingerprint density at radius 2 is 0.891 bits per heavy atom. The number of likely N-dealkylation sites (N-methyl/N-ethyl adjacent to an activating group) is 2. The number of benzene rings is 4. The Kier molecular flexibility index (Phi) is 26.1. The number of carbonyl (C=O) groups is 10. The molecule has 0 bridgehead atoms. The van der Waals surface area contributed by atoms with Crippen LogP contribution in [-0.2, 0) is 48.3 Å². The Balaban J connectivity index is 0.428. The van der Waals surface area contributed by atoms with E-state index < -0.39 is 93.7 Å². The highest BCUT2D eigenvalue weighted by atomic mass is 19.1. The van der Waals surface area contributed by atoms with Crippen molar-refractivity contribution in [2.45, 2.75) is 185 Å². The highest BCUT2D eigenvalue weighted by molar-refractivity contribution is 6.25. The Morgan fingerprint density at radius 3 is 1.37 bits per heavy atom. The van der Waals surface area contributed by atoms with Gasteiger partial charge in [-0.3, -0.25) is 78.2 Å². The minimum absolute atomic E-state index is 0.0543. The summed E-state index contributed by atoms with van der Waals surface area (Å²) in [4.78, 5) is 174. The van der Waals surface area contributed by atoms with Gasteiger partial charge in [0.15, 0.2) is 0 Å². The lowest BCUT2D eigenvalue weighted by atomic mass is 9.77. The van der Waals surface area contributed by atoms with Crippen molar-refractivity contribution >= 4 is 105 Å². The number of piperazine rings is 2. The summed E-state index contributed by atoms with van der Waals surface area (Å²) in [5.74, 6) is -0.942. The molecular weight excluding hydrogens is 1770 g/mol. The fourth-order valence-electron chi connectivity index (χ4n) is 24.7. The highest BCUT2D eigenvalue weighted by Gasteiger charge is 2.51. The number of likely N-dealkylation sites (tertiary alicyclic amines) is 3. The molecule has 12 aliphatic heterocycles. The first-order valence-electron chi connectivity index (χ1n) is 49.8. The number of imide groups is 4. The smallest absolute Gasteiger partial charge is 0.262 e. The van der Waals surface area contributed by atoms with Gasteiger partial charge in [0.1, 0.15) is 70.8 Å². The number of amides is 10. The number of hydrogen-bond acceptors (Lipinski definition) is 27. The number of rotatable bonds is 28. The Bertz CT molecular complexity index is 5750. The molecule has 3 unspecified atom stereocenters. The predicted molar refractivity (Wildman–Crippen MR) is 511 cm³/mol. The molecule has 10 saturated heterocycles. The van der Waals surface area contributed by atoms with Crippen molar-refractivity contribution < 1.29 is 65.5 Å². The van der Waals surface area contributed by atoms with Crippen LogP contribution in [0.1, 0.15) is 188 Å². The maximum Gasteiger partial charge on any atom is 0.262 e. The molecule has 2 saturated carbocycles. The number of piperidine rings is 6. The second kappa shape index (κ2) is 38.2. The van der Waals surface area contributed by atoms with Crippen LogP contribution in [0.4, 0.5) is 63.6 Å². The molecule has 4 aromatic carbocycles. The van der Waals surface area contributed by atoms with Crippen LogP contribution >= 0.6 is 0 Å². The number of anilines is 8. The summed E-state index contributed by atoms with van der Waals surface area (Å²) in [7, 11) is 4.30. The summed E-state index contributed by atoms with van der Waals surface area (Å²) < 4.78 is 65.9. The third-order valence-corrected chi connectivity index (χ3v) is 33.0. The first-order valence-corrected chi connectivity index (χ1v) is 49.8. The maximum absolute atomic E-state index is 16.8. The molecule has 2 spiro atoms. The molecule has 8 atom stereocenters. The van der Waals surface area contributed by atoms with Crippen molar-refractivity contribution in [3.63, 3.8) is 0 Å². The van der Waals surface area contributed by atoms with Crippen LogP contribution in [0.2, 0.25) is 0 Å². The zero-order valence-corrected chi connectivity index (χ0v) is 79.6. The summed E-state index contributed by atoms with van der Waals surface area (Å²) in [6, 6.07) is 18.1. The Labute approximate surface area is 801 Å². The van der Waals surface area contributed by atoms with E-state index in [-0.39, 0.29) is 107 Å². The van der Waals surface area contributed by atoms with Crippen LogP contribution in [0.3, 0.4) is 0 Å². The fraction of sp³-hybridized carbons (Fsp3) is 0.584. The minimum atomic E-state index is -1.02. The molecule has 14 aliphatic rings. The van der Waals surface area contributed by atoms with Gasteiger partial charge in [-0.1, -0.05) is 20.8 Å². The zero-order valence-electron chi connectivity index (χ0n) is 79.6. The fourth-order valence-corrected chi connectivity index (χ4v) is 24.7. The van der Waals surface area contributed by atoms with E-state index in [1.807, 2.05) is 6.07 Å². The molecule has 14 heterocycles. The van der Waals surface area contributed by atoms with Crippen molar-refractivity contribution in [2.75, 3.05) is 199 Å². The monoisotopic (exact) mass is 1900 g/mol. The molecule has 20 rings (SSSR count). The quantitative estimate of drug-likeness (QED) is 0.0140. The van der Waals surface area contributed by atoms with E-state index in [2.05, 4.69) is 117 Å². The van der Waals surface area contributed by atoms with Crippen molar-refractivity contribution in [1.29, 1.82) is 0 Å². The molecule has 12 fully saturated rings. The highest BCUT2D eigenvalue weighted by Crippen LogP contribution is 2.46. The van der Waals surface area contributed by atoms with Gasteiger partial charge < -0.3 is 65.8 Å². The SMILES string of the molecule is CN(CCNc1ccc2c(c1)C(=O)N(C1CCC(=O)NC1=O)C2=O)C1C[C@@H]2CN(CCCNc3cc(N4CCC5(CC4)CN(c4cc(F)c(CN6CCC(C)(C)CC6)cc4F)CC(=O)N5)nc(CC4(C)CCN(Cc5cc(F)c(N6CC(=O)NC7(CCN(c8cc(N9C[C@H]%10C[C@@H](N(C)CCNc%11ccc%12c(c%11)C(=O)N(C%11CCC(=O)NC%11=O)C%12=O)C[C@H]%10C9)ncn8)CC7)C6)cc5F)CC4)n3)C[C@@H]2C1. The number of nitrogens with one attached hydrogen (secondary N) is 7. The van der Waals surface area contributed by atoms with E-state index >= 15 is 17.6 Å². The van der Waals surface area contributed by atoms with Gasteiger partial charge in [0, 0.05) is 189 Å². The maximum atomic E-state index is 16.8. The molecule has 33 nitrogen and oxygen atoms in total. The standard InChI is InChI=1S/C101H127F4N23O10/c1-98(2)15-27-119(28-16-98)52-65-41-77(104)81(45-75(65)102)126-57-91(132)116-101(59-126)21-33-123(34-22-101)87-47-83(108-23-6-26-121-50-61-37-69(38-62(61)51-121)117(4)35-24-106-67-7-9-71-73(43-67)96(137)127(94(71)135)79-11-13-88(129)113-92(79)133)111-84(112-87)49-99(3)17-29-120(30-18-99)53-66-42-78(105)82(46-76(66)103)125-56-90(131)115-100(58-125)19-31-122(32-20-100)85-48-86(110-60-109-85)124-54-63-39-70(40-64(63)55-124)118(5)36-25-107-68-8-10-72-74(44-68)97(138)128(95(72)136)80-12-14-89(130)114-93(80)134/h7-10,41-48,60-64,69-70,79-80,106-107H,6,11-40,49-59H2,1-5H3,(H,115,131)(H,116,132)(H,108,111,112)(H,113,129,133)(H,114,130,134)/t61-,62+,63-,64+,69?,70-,79?,80?. The molecule has 734 valence electrons. The second-order valence-corrected chi connectivity index (χ2v) is 43.1. The van der Waals surface area contributed by atoms with Crippen LogP contribution in [0, 0.1) is 57.8 Å². The molecule has 0 radical (unpaired) electrons. The van der Waals surface area contributed by atoms with E-state index in [1.165, 1.54) is 24.3 Å². The molecule has 37 heteroatoms. The van der Waals surface area contributed by atoms with Gasteiger partial charge in [-0.15, -0.1) is 0 Å². The normalized spacial score (nSPS) is 25.9. The second-order valence-electron chi connectivity index (χ2n) is 43.1. The predicted octanol–water partition coefficient (Wildman–Crippen LogP) is 7.86. The molecule has 2 aromatic heterocycles. The van der Waals surface area contributed by atoms with E-state index in [4.69, 9.17) is 19.9 Å². The molecule has 7 N–H and O–H groups in total. The average molecular weight is 1900 g/mol. The minimum Gasteiger partial charge on any atom is -0.384 e. The summed E-state index contributed by atoms with van der Waals surface area (Å²) in [6.07, 6.45) is 13.3. The van der Waals surface area contributed by atoms with Gasteiger partial charge in [0.05, 0.1) is 57.8 Å². The van der Waals surface area contributed by atoms with Gasteiger partial charge in [0.2, 0.25) is 35.4 Å². The third-order valence-electron chi connectivity index (χ3n) is 33.0. The first-order chi connectivity index (χ1) is 66.3.